The van der Waals surface area contributed by atoms with Crippen molar-refractivity contribution in [2.24, 2.45) is 0 Å². The van der Waals surface area contributed by atoms with Crippen molar-refractivity contribution >= 4 is 21.6 Å². The Morgan fingerprint density at radius 3 is 2.29 bits per heavy atom. The molecule has 0 aromatic heterocycles. The van der Waals surface area contributed by atoms with E-state index in [9.17, 15) is 8.42 Å². The van der Waals surface area contributed by atoms with Gasteiger partial charge in [-0.3, -0.25) is 0 Å². The first-order valence-electron chi connectivity index (χ1n) is 5.46. The van der Waals surface area contributed by atoms with E-state index < -0.39 is 10.0 Å². The van der Waals surface area contributed by atoms with Crippen LogP contribution < -0.4 is 0 Å². The molecule has 0 radical (unpaired) electrons. The lowest BCUT2D eigenvalue weighted by atomic mass is 10.1. The molecule has 0 heterocycles. The van der Waals surface area contributed by atoms with Gasteiger partial charge < -0.3 is 0 Å². The van der Waals surface area contributed by atoms with E-state index in [0.29, 0.717) is 0 Å². The Bertz CT molecular complexity index is 456. The molecule has 1 atom stereocenters. The van der Waals surface area contributed by atoms with E-state index in [-0.39, 0.29) is 17.7 Å². The zero-order valence-corrected chi connectivity index (χ0v) is 11.9. The van der Waals surface area contributed by atoms with E-state index in [1.807, 2.05) is 38.1 Å². The zero-order valence-electron chi connectivity index (χ0n) is 10.4. The van der Waals surface area contributed by atoms with Gasteiger partial charge in [-0.25, -0.2) is 8.42 Å². The number of rotatable bonds is 5. The number of nitrogens with zero attached hydrogens (tertiary/aromatic N) is 1. The number of hydrogen-bond donors (Lipinski definition) is 0. The summed E-state index contributed by atoms with van der Waals surface area (Å²) in [7, 11) is -1.68. The molecular formula is C12H18ClNO2S. The lowest BCUT2D eigenvalue weighted by molar-refractivity contribution is 0.399. The van der Waals surface area contributed by atoms with E-state index in [4.69, 9.17) is 11.6 Å². The molecule has 0 aliphatic carbocycles. The second-order valence-electron chi connectivity index (χ2n) is 4.11. The van der Waals surface area contributed by atoms with Gasteiger partial charge in [0.05, 0.1) is 5.75 Å². The molecule has 0 amide bonds. The molecule has 0 aliphatic rings. The highest BCUT2D eigenvalue weighted by molar-refractivity contribution is 7.89. The maximum atomic E-state index is 11.9. The number of aryl methyl sites for hydroxylation is 1. The second kappa shape index (κ2) is 5.85. The van der Waals surface area contributed by atoms with Crippen molar-refractivity contribution in [3.63, 3.8) is 0 Å². The van der Waals surface area contributed by atoms with Crippen molar-refractivity contribution in [3.05, 3.63) is 35.4 Å². The van der Waals surface area contributed by atoms with Crippen molar-refractivity contribution < 1.29 is 8.42 Å². The van der Waals surface area contributed by atoms with E-state index >= 15 is 0 Å². The first-order valence-corrected chi connectivity index (χ1v) is 7.61. The molecule has 0 saturated carbocycles. The summed E-state index contributed by atoms with van der Waals surface area (Å²) in [4.78, 5) is 0. The predicted octanol–water partition coefficient (Wildman–Crippen LogP) is 2.56. The molecule has 1 rings (SSSR count). The Hall–Kier alpha value is -0.580. The minimum absolute atomic E-state index is 0.0265. The van der Waals surface area contributed by atoms with Gasteiger partial charge in [0, 0.05) is 19.0 Å². The molecule has 17 heavy (non-hydrogen) atoms. The van der Waals surface area contributed by atoms with Crippen molar-refractivity contribution in [2.45, 2.75) is 19.9 Å². The summed E-state index contributed by atoms with van der Waals surface area (Å²) in [5.41, 5.74) is 2.14. The van der Waals surface area contributed by atoms with Gasteiger partial charge in [0.15, 0.2) is 0 Å². The molecule has 0 fully saturated rings. The molecular weight excluding hydrogens is 258 g/mol. The summed E-state index contributed by atoms with van der Waals surface area (Å²) in [5.74, 6) is 0.0918. The van der Waals surface area contributed by atoms with Crippen molar-refractivity contribution in [2.75, 3.05) is 18.7 Å². The monoisotopic (exact) mass is 275 g/mol. The van der Waals surface area contributed by atoms with Gasteiger partial charge in [0.2, 0.25) is 10.0 Å². The summed E-state index contributed by atoms with van der Waals surface area (Å²) in [5, 5.41) is 0. The van der Waals surface area contributed by atoms with Crippen LogP contribution in [-0.2, 0) is 10.0 Å². The highest BCUT2D eigenvalue weighted by atomic mass is 35.5. The van der Waals surface area contributed by atoms with Crippen molar-refractivity contribution in [1.82, 2.24) is 4.31 Å². The summed E-state index contributed by atoms with van der Waals surface area (Å²) < 4.78 is 25.1. The van der Waals surface area contributed by atoms with Crippen LogP contribution >= 0.6 is 11.6 Å². The third-order valence-corrected chi connectivity index (χ3v) is 5.21. The molecule has 3 nitrogen and oxygen atoms in total. The third-order valence-electron chi connectivity index (χ3n) is 2.88. The smallest absolute Gasteiger partial charge is 0.212 e. The summed E-state index contributed by atoms with van der Waals surface area (Å²) in [6, 6.07) is 7.69. The van der Waals surface area contributed by atoms with Gasteiger partial charge in [0.25, 0.3) is 0 Å². The van der Waals surface area contributed by atoms with Crippen LogP contribution in [0.2, 0.25) is 0 Å². The largest absolute Gasteiger partial charge is 0.215 e. The minimum Gasteiger partial charge on any atom is -0.212 e. The maximum Gasteiger partial charge on any atom is 0.215 e. The van der Waals surface area contributed by atoms with Crippen LogP contribution in [0, 0.1) is 6.92 Å². The highest BCUT2D eigenvalue weighted by Gasteiger charge is 2.23. The van der Waals surface area contributed by atoms with Crippen LogP contribution in [0.15, 0.2) is 24.3 Å². The van der Waals surface area contributed by atoms with Gasteiger partial charge in [-0.1, -0.05) is 29.8 Å². The lowest BCUT2D eigenvalue weighted by Gasteiger charge is -2.24. The maximum absolute atomic E-state index is 11.9. The Balaban J connectivity index is 2.90. The van der Waals surface area contributed by atoms with Crippen molar-refractivity contribution in [3.8, 4) is 0 Å². The molecule has 0 saturated heterocycles. The molecule has 5 heteroatoms. The van der Waals surface area contributed by atoms with Gasteiger partial charge in [-0.05, 0) is 19.4 Å². The van der Waals surface area contributed by atoms with Gasteiger partial charge in [0.1, 0.15) is 0 Å². The lowest BCUT2D eigenvalue weighted by Crippen LogP contribution is -2.32. The summed E-state index contributed by atoms with van der Waals surface area (Å²) >= 11 is 5.50. The summed E-state index contributed by atoms with van der Waals surface area (Å²) in [6.45, 7) is 3.87. The highest BCUT2D eigenvalue weighted by Crippen LogP contribution is 2.22. The normalized spacial score (nSPS) is 13.9. The number of sulfonamides is 1. The molecule has 0 aliphatic heterocycles. The van der Waals surface area contributed by atoms with E-state index in [0.717, 1.165) is 11.1 Å². The first kappa shape index (κ1) is 14.5. The molecule has 96 valence electrons. The molecule has 0 spiro atoms. The third kappa shape index (κ3) is 3.69. The number of halogens is 1. The quantitative estimate of drug-likeness (QED) is 0.775. The molecule has 0 bridgehead atoms. The fourth-order valence-corrected chi connectivity index (χ4v) is 3.21. The van der Waals surface area contributed by atoms with Crippen LogP contribution in [0.5, 0.6) is 0 Å². The average molecular weight is 276 g/mol. The average Bonchev–Trinajstić information content (AvgIpc) is 2.28. The van der Waals surface area contributed by atoms with Crippen LogP contribution in [0.25, 0.3) is 0 Å². The minimum atomic E-state index is -3.27. The van der Waals surface area contributed by atoms with Crippen LogP contribution in [0.3, 0.4) is 0 Å². The fraction of sp³-hybridized carbons (Fsp3) is 0.500. The topological polar surface area (TPSA) is 37.4 Å². The molecule has 0 N–H and O–H groups in total. The SMILES string of the molecule is Cc1ccc(C(C)N(C)S(=O)(=O)CCCl)cc1. The molecule has 1 aromatic carbocycles. The Morgan fingerprint density at radius 1 is 1.29 bits per heavy atom. The van der Waals surface area contributed by atoms with E-state index in [1.165, 1.54) is 4.31 Å². The Labute approximate surface area is 108 Å². The van der Waals surface area contributed by atoms with E-state index in [1.54, 1.807) is 7.05 Å². The predicted molar refractivity (Wildman–Crippen MR) is 71.9 cm³/mol. The Morgan fingerprint density at radius 2 is 1.82 bits per heavy atom. The summed E-state index contributed by atoms with van der Waals surface area (Å²) in [6.07, 6.45) is 0. The van der Waals surface area contributed by atoms with Gasteiger partial charge in [-0.2, -0.15) is 4.31 Å². The fourth-order valence-electron chi connectivity index (χ4n) is 1.54. The molecule has 1 unspecified atom stereocenters. The number of hydrogen-bond acceptors (Lipinski definition) is 2. The Kier molecular flexibility index (Phi) is 4.98. The van der Waals surface area contributed by atoms with Crippen LogP contribution in [-0.4, -0.2) is 31.4 Å². The van der Waals surface area contributed by atoms with Gasteiger partial charge in [-0.15, -0.1) is 11.6 Å². The number of benzene rings is 1. The van der Waals surface area contributed by atoms with E-state index in [2.05, 4.69) is 0 Å². The standard InChI is InChI=1S/C12H18ClNO2S/c1-10-4-6-12(7-5-10)11(2)14(3)17(15,16)9-8-13/h4-7,11H,8-9H2,1-3H3. The van der Waals surface area contributed by atoms with Crippen molar-refractivity contribution in [1.29, 1.82) is 0 Å². The molecule has 1 aromatic rings. The second-order valence-corrected chi connectivity index (χ2v) is 6.63. The zero-order chi connectivity index (χ0) is 13.1. The van der Waals surface area contributed by atoms with Gasteiger partial charge >= 0.3 is 0 Å². The number of alkyl halides is 1. The van der Waals surface area contributed by atoms with Crippen LogP contribution in [0.1, 0.15) is 24.1 Å². The van der Waals surface area contributed by atoms with Crippen LogP contribution in [0.4, 0.5) is 0 Å². The first-order chi connectivity index (χ1) is 7.88.